The molecule has 3 rings (SSSR count). The molecule has 26 heavy (non-hydrogen) atoms. The van der Waals surface area contributed by atoms with Crippen LogP contribution in [0.1, 0.15) is 36.5 Å². The summed E-state index contributed by atoms with van der Waals surface area (Å²) < 4.78 is 11.3. The van der Waals surface area contributed by atoms with Gasteiger partial charge in [-0.25, -0.2) is 0 Å². The summed E-state index contributed by atoms with van der Waals surface area (Å²) in [5.74, 6) is 2.43. The van der Waals surface area contributed by atoms with E-state index < -0.39 is 0 Å². The van der Waals surface area contributed by atoms with Crippen molar-refractivity contribution in [1.82, 2.24) is 10.6 Å². The number of hydrogen-bond acceptors (Lipinski definition) is 5. The number of rotatable bonds is 6. The van der Waals surface area contributed by atoms with Crippen molar-refractivity contribution >= 4 is 23.6 Å². The summed E-state index contributed by atoms with van der Waals surface area (Å²) in [6.45, 7) is 3.15. The van der Waals surface area contributed by atoms with E-state index in [0.29, 0.717) is 18.8 Å². The quantitative estimate of drug-likeness (QED) is 0.792. The Morgan fingerprint density at radius 1 is 1.35 bits per heavy atom. The summed E-state index contributed by atoms with van der Waals surface area (Å²) in [4.78, 5) is 24.4. The van der Waals surface area contributed by atoms with Crippen molar-refractivity contribution in [2.45, 2.75) is 37.8 Å². The largest absolute Gasteiger partial charge is 0.494 e. The van der Waals surface area contributed by atoms with E-state index in [1.807, 2.05) is 18.7 Å². The van der Waals surface area contributed by atoms with Crippen LogP contribution in [0, 0.1) is 0 Å². The van der Waals surface area contributed by atoms with Gasteiger partial charge < -0.3 is 20.1 Å². The third-order valence-corrected chi connectivity index (χ3v) is 5.99. The number of nitrogens with one attached hydrogen (secondary N) is 2. The van der Waals surface area contributed by atoms with Gasteiger partial charge in [0.2, 0.25) is 5.91 Å². The van der Waals surface area contributed by atoms with Gasteiger partial charge in [-0.1, -0.05) is 0 Å². The van der Waals surface area contributed by atoms with Gasteiger partial charge in [-0.3, -0.25) is 9.59 Å². The molecule has 2 fully saturated rings. The lowest BCUT2D eigenvalue weighted by atomic mass is 9.90. The molecular formula is C19H26N2O4S. The highest BCUT2D eigenvalue weighted by Crippen LogP contribution is 2.38. The molecule has 0 aliphatic carbocycles. The molecule has 0 bridgehead atoms. The Labute approximate surface area is 158 Å². The molecule has 0 unspecified atom stereocenters. The van der Waals surface area contributed by atoms with Gasteiger partial charge in [-0.15, -0.1) is 0 Å². The lowest BCUT2D eigenvalue weighted by Crippen LogP contribution is -2.50. The molecule has 142 valence electrons. The number of benzene rings is 1. The zero-order valence-corrected chi connectivity index (χ0v) is 15.9. The molecule has 0 aromatic heterocycles. The van der Waals surface area contributed by atoms with Crippen molar-refractivity contribution in [3.63, 3.8) is 0 Å². The van der Waals surface area contributed by atoms with E-state index in [-0.39, 0.29) is 30.0 Å². The van der Waals surface area contributed by atoms with E-state index in [1.165, 1.54) is 0 Å². The second-order valence-electron chi connectivity index (χ2n) is 6.73. The molecule has 6 nitrogen and oxygen atoms in total. The topological polar surface area (TPSA) is 76.7 Å². The summed E-state index contributed by atoms with van der Waals surface area (Å²) in [5, 5.41) is 5.71. The highest BCUT2D eigenvalue weighted by atomic mass is 32.2. The Morgan fingerprint density at radius 3 is 2.85 bits per heavy atom. The average molecular weight is 378 g/mol. The molecule has 0 saturated carbocycles. The third kappa shape index (κ3) is 4.92. The number of amides is 2. The Hall–Kier alpha value is -1.73. The van der Waals surface area contributed by atoms with Gasteiger partial charge in [0.25, 0.3) is 5.91 Å². The fourth-order valence-corrected chi connectivity index (χ4v) is 4.80. The minimum atomic E-state index is -0.265. The zero-order valence-electron chi connectivity index (χ0n) is 15.1. The SMILES string of the molecule is CCOc1ccc(C(=O)NCC(=O)N[C@@H]2CCO[C@@]3(CCSC3)C2)cc1. The minimum absolute atomic E-state index is 0.0227. The first kappa shape index (κ1) is 19.0. The average Bonchev–Trinajstić information content (AvgIpc) is 3.08. The molecule has 1 aromatic carbocycles. The Kier molecular flexibility index (Phi) is 6.43. The number of carbonyl (C=O) groups excluding carboxylic acids is 2. The Bertz CT molecular complexity index is 629. The number of thioether (sulfide) groups is 1. The standard InChI is InChI=1S/C19H26N2O4S/c1-2-24-16-5-3-14(4-6-16)18(23)20-12-17(22)21-15-7-9-25-19(11-15)8-10-26-13-19/h3-6,15H,2,7-13H2,1H3,(H,20,23)(H,21,22)/t15-,19+/m1/s1. The van der Waals surface area contributed by atoms with Crippen molar-refractivity contribution in [2.24, 2.45) is 0 Å². The molecule has 1 spiro atoms. The fourth-order valence-electron chi connectivity index (χ4n) is 3.42. The van der Waals surface area contributed by atoms with Gasteiger partial charge >= 0.3 is 0 Å². The first-order valence-corrected chi connectivity index (χ1v) is 10.3. The summed E-state index contributed by atoms with van der Waals surface area (Å²) in [6.07, 6.45) is 2.74. The van der Waals surface area contributed by atoms with Gasteiger partial charge in [0, 0.05) is 24.0 Å². The maximum Gasteiger partial charge on any atom is 0.251 e. The van der Waals surface area contributed by atoms with Gasteiger partial charge in [-0.2, -0.15) is 11.8 Å². The van der Waals surface area contributed by atoms with E-state index in [2.05, 4.69) is 10.6 Å². The summed E-state index contributed by atoms with van der Waals surface area (Å²) in [5.41, 5.74) is 0.445. The van der Waals surface area contributed by atoms with Crippen molar-refractivity contribution in [1.29, 1.82) is 0 Å². The first-order chi connectivity index (χ1) is 12.6. The minimum Gasteiger partial charge on any atom is -0.494 e. The molecule has 2 aliphatic heterocycles. The van der Waals surface area contributed by atoms with Crippen molar-refractivity contribution in [3.8, 4) is 5.75 Å². The van der Waals surface area contributed by atoms with Crippen LogP contribution in [0.4, 0.5) is 0 Å². The number of carbonyl (C=O) groups is 2. The van der Waals surface area contributed by atoms with Gasteiger partial charge in [0.05, 0.1) is 18.8 Å². The van der Waals surface area contributed by atoms with Crippen LogP contribution in [0.2, 0.25) is 0 Å². The zero-order chi connectivity index (χ0) is 18.4. The normalized spacial score (nSPS) is 25.0. The molecule has 2 heterocycles. The van der Waals surface area contributed by atoms with Crippen LogP contribution < -0.4 is 15.4 Å². The third-order valence-electron chi connectivity index (χ3n) is 4.76. The van der Waals surface area contributed by atoms with E-state index in [9.17, 15) is 9.59 Å². The van der Waals surface area contributed by atoms with Crippen LogP contribution in [-0.2, 0) is 9.53 Å². The molecule has 2 saturated heterocycles. The van der Waals surface area contributed by atoms with Crippen molar-refractivity contribution < 1.29 is 19.1 Å². The Morgan fingerprint density at radius 2 is 2.15 bits per heavy atom. The molecule has 1 aromatic rings. The van der Waals surface area contributed by atoms with E-state index in [1.54, 1.807) is 24.3 Å². The second kappa shape index (κ2) is 8.77. The van der Waals surface area contributed by atoms with Crippen LogP contribution in [0.5, 0.6) is 5.75 Å². The van der Waals surface area contributed by atoms with Crippen molar-refractivity contribution in [3.05, 3.63) is 29.8 Å². The van der Waals surface area contributed by atoms with E-state index in [0.717, 1.165) is 36.5 Å². The number of ether oxygens (including phenoxy) is 2. The molecular weight excluding hydrogens is 352 g/mol. The van der Waals surface area contributed by atoms with Crippen LogP contribution in [0.15, 0.2) is 24.3 Å². The maximum absolute atomic E-state index is 12.2. The Balaban J connectivity index is 1.44. The summed E-state index contributed by atoms with van der Waals surface area (Å²) in [7, 11) is 0. The summed E-state index contributed by atoms with van der Waals surface area (Å²) in [6, 6.07) is 7.01. The smallest absolute Gasteiger partial charge is 0.251 e. The van der Waals surface area contributed by atoms with Crippen LogP contribution in [0.3, 0.4) is 0 Å². The second-order valence-corrected chi connectivity index (χ2v) is 7.84. The molecule has 0 radical (unpaired) electrons. The molecule has 7 heteroatoms. The first-order valence-electron chi connectivity index (χ1n) is 9.12. The maximum atomic E-state index is 12.2. The lowest BCUT2D eigenvalue weighted by Gasteiger charge is -2.38. The summed E-state index contributed by atoms with van der Waals surface area (Å²) >= 11 is 1.91. The molecule has 2 aliphatic rings. The van der Waals surface area contributed by atoms with Gasteiger partial charge in [-0.05, 0) is 56.2 Å². The predicted molar refractivity (Wildman–Crippen MR) is 102 cm³/mol. The highest BCUT2D eigenvalue weighted by molar-refractivity contribution is 7.99. The van der Waals surface area contributed by atoms with Gasteiger partial charge in [0.1, 0.15) is 5.75 Å². The van der Waals surface area contributed by atoms with Crippen LogP contribution >= 0.6 is 11.8 Å². The number of hydrogen-bond donors (Lipinski definition) is 2. The monoisotopic (exact) mass is 378 g/mol. The fraction of sp³-hybridized carbons (Fsp3) is 0.579. The predicted octanol–water partition coefficient (Wildman–Crippen LogP) is 1.99. The van der Waals surface area contributed by atoms with E-state index >= 15 is 0 Å². The molecule has 2 N–H and O–H groups in total. The van der Waals surface area contributed by atoms with E-state index in [4.69, 9.17) is 9.47 Å². The van der Waals surface area contributed by atoms with Crippen LogP contribution in [-0.4, -0.2) is 54.7 Å². The van der Waals surface area contributed by atoms with Crippen molar-refractivity contribution in [2.75, 3.05) is 31.3 Å². The molecule has 2 amide bonds. The van der Waals surface area contributed by atoms with Gasteiger partial charge in [0.15, 0.2) is 0 Å². The molecule has 2 atom stereocenters. The van der Waals surface area contributed by atoms with Crippen LogP contribution in [0.25, 0.3) is 0 Å². The highest BCUT2D eigenvalue weighted by Gasteiger charge is 2.40. The lowest BCUT2D eigenvalue weighted by molar-refractivity contribution is -0.123.